The molecule has 9 heteroatoms. The summed E-state index contributed by atoms with van der Waals surface area (Å²) in [7, 11) is 2.77. The maximum absolute atomic E-state index is 13.0. The summed E-state index contributed by atoms with van der Waals surface area (Å²) in [6.07, 6.45) is 1.65. The Labute approximate surface area is 214 Å². The topological polar surface area (TPSA) is 82.1 Å². The standard InChI is InChI=1S/C25H20INO6S/c1-31-20-11-16(10-19(26)23(20)33-14-22(28)32-2)12-21-24(29)27(25(30)34-21)13-15-7-8-17-5-3-4-6-18(17)9-15/h3-12H,13-14H2,1-2H3. The lowest BCUT2D eigenvalue weighted by Gasteiger charge is -2.13. The van der Waals surface area contributed by atoms with Crippen LogP contribution >= 0.6 is 34.4 Å². The maximum atomic E-state index is 13.0. The number of hydrogen-bond acceptors (Lipinski definition) is 7. The molecule has 0 spiro atoms. The summed E-state index contributed by atoms with van der Waals surface area (Å²) in [4.78, 5) is 38.6. The van der Waals surface area contributed by atoms with Gasteiger partial charge in [0.05, 0.1) is 29.2 Å². The number of hydrogen-bond donors (Lipinski definition) is 0. The molecule has 0 radical (unpaired) electrons. The van der Waals surface area contributed by atoms with Crippen molar-refractivity contribution in [2.24, 2.45) is 0 Å². The first kappa shape index (κ1) is 24.1. The van der Waals surface area contributed by atoms with Crippen LogP contribution in [0.2, 0.25) is 0 Å². The van der Waals surface area contributed by atoms with Crippen LogP contribution in [0.25, 0.3) is 16.8 Å². The molecule has 1 aliphatic heterocycles. The minimum atomic E-state index is -0.512. The van der Waals surface area contributed by atoms with Gasteiger partial charge in [-0.3, -0.25) is 14.5 Å². The van der Waals surface area contributed by atoms with E-state index in [1.54, 1.807) is 18.2 Å². The Morgan fingerprint density at radius 1 is 1.06 bits per heavy atom. The molecule has 0 saturated carbocycles. The van der Waals surface area contributed by atoms with E-state index < -0.39 is 5.97 Å². The second kappa shape index (κ2) is 10.5. The number of nitrogens with zero attached hydrogens (tertiary/aromatic N) is 1. The van der Waals surface area contributed by atoms with Gasteiger partial charge in [0.1, 0.15) is 0 Å². The van der Waals surface area contributed by atoms with Gasteiger partial charge in [0, 0.05) is 0 Å². The van der Waals surface area contributed by atoms with Crippen LogP contribution in [0.4, 0.5) is 4.79 Å². The van der Waals surface area contributed by atoms with Gasteiger partial charge in [-0.1, -0.05) is 36.4 Å². The van der Waals surface area contributed by atoms with Gasteiger partial charge < -0.3 is 14.2 Å². The molecule has 3 aromatic rings. The monoisotopic (exact) mass is 589 g/mol. The van der Waals surface area contributed by atoms with E-state index in [1.807, 2.05) is 42.5 Å². The molecular weight excluding hydrogens is 569 g/mol. The Bertz CT molecular complexity index is 1320. The number of amides is 2. The third kappa shape index (κ3) is 5.20. The Kier molecular flexibility index (Phi) is 7.42. The highest BCUT2D eigenvalue weighted by molar-refractivity contribution is 14.1. The number of fused-ring (bicyclic) bond motifs is 1. The zero-order valence-electron chi connectivity index (χ0n) is 18.4. The zero-order chi connectivity index (χ0) is 24.2. The number of ether oxygens (including phenoxy) is 3. The van der Waals surface area contributed by atoms with Crippen molar-refractivity contribution in [3.05, 3.63) is 74.2 Å². The SMILES string of the molecule is COC(=O)COc1c(I)cc(C=C2SC(=O)N(Cc3ccc4ccccc4c3)C2=O)cc1OC. The Hall–Kier alpha value is -3.05. The zero-order valence-corrected chi connectivity index (χ0v) is 21.3. The first-order valence-corrected chi connectivity index (χ1v) is 12.1. The molecule has 1 fully saturated rings. The average molecular weight is 589 g/mol. The highest BCUT2D eigenvalue weighted by Crippen LogP contribution is 2.37. The molecule has 34 heavy (non-hydrogen) atoms. The minimum Gasteiger partial charge on any atom is -0.493 e. The molecular formula is C25H20INO6S. The van der Waals surface area contributed by atoms with Crippen molar-refractivity contribution in [1.29, 1.82) is 0 Å². The third-order valence-corrected chi connectivity index (χ3v) is 6.85. The van der Waals surface area contributed by atoms with Crippen LogP contribution in [0.3, 0.4) is 0 Å². The van der Waals surface area contributed by atoms with E-state index in [-0.39, 0.29) is 24.3 Å². The quantitative estimate of drug-likeness (QED) is 0.212. The Balaban J connectivity index is 1.55. The summed E-state index contributed by atoms with van der Waals surface area (Å²) in [6, 6.07) is 17.3. The molecule has 0 unspecified atom stereocenters. The summed E-state index contributed by atoms with van der Waals surface area (Å²) < 4.78 is 16.2. The van der Waals surface area contributed by atoms with Gasteiger partial charge in [-0.15, -0.1) is 0 Å². The number of esters is 1. The lowest BCUT2D eigenvalue weighted by molar-refractivity contribution is -0.143. The van der Waals surface area contributed by atoms with Crippen molar-refractivity contribution >= 4 is 68.3 Å². The number of thioether (sulfide) groups is 1. The molecule has 0 atom stereocenters. The number of rotatable bonds is 7. The van der Waals surface area contributed by atoms with Crippen LogP contribution in [-0.2, 0) is 20.9 Å². The molecule has 1 heterocycles. The molecule has 0 bridgehead atoms. The number of benzene rings is 3. The fourth-order valence-electron chi connectivity index (χ4n) is 3.46. The molecule has 1 saturated heterocycles. The van der Waals surface area contributed by atoms with Crippen molar-refractivity contribution in [2.45, 2.75) is 6.54 Å². The minimum absolute atomic E-state index is 0.202. The number of imide groups is 1. The highest BCUT2D eigenvalue weighted by Gasteiger charge is 2.35. The molecule has 7 nitrogen and oxygen atoms in total. The fourth-order valence-corrected chi connectivity index (χ4v) is 5.08. The number of methoxy groups -OCH3 is 2. The first-order valence-electron chi connectivity index (χ1n) is 10.2. The van der Waals surface area contributed by atoms with Gasteiger partial charge in [0.2, 0.25) is 0 Å². The largest absolute Gasteiger partial charge is 0.493 e. The van der Waals surface area contributed by atoms with Crippen LogP contribution in [0.15, 0.2) is 59.5 Å². The van der Waals surface area contributed by atoms with Crippen molar-refractivity contribution in [2.75, 3.05) is 20.8 Å². The summed E-state index contributed by atoms with van der Waals surface area (Å²) in [5, 5.41) is 1.84. The molecule has 4 rings (SSSR count). The Morgan fingerprint density at radius 2 is 1.82 bits per heavy atom. The van der Waals surface area contributed by atoms with Gasteiger partial charge in [0.25, 0.3) is 11.1 Å². The first-order chi connectivity index (χ1) is 16.4. The molecule has 0 aromatic heterocycles. The van der Waals surface area contributed by atoms with Crippen LogP contribution < -0.4 is 9.47 Å². The van der Waals surface area contributed by atoms with E-state index in [4.69, 9.17) is 9.47 Å². The lowest BCUT2D eigenvalue weighted by atomic mass is 10.1. The van der Waals surface area contributed by atoms with E-state index in [0.29, 0.717) is 25.5 Å². The summed E-state index contributed by atoms with van der Waals surface area (Å²) >= 11 is 2.96. The summed E-state index contributed by atoms with van der Waals surface area (Å²) in [6.45, 7) is -0.0517. The van der Waals surface area contributed by atoms with Gasteiger partial charge in [-0.2, -0.15) is 0 Å². The van der Waals surface area contributed by atoms with Crippen molar-refractivity contribution in [1.82, 2.24) is 4.90 Å². The Morgan fingerprint density at radius 3 is 2.56 bits per heavy atom. The smallest absolute Gasteiger partial charge is 0.343 e. The van der Waals surface area contributed by atoms with Crippen LogP contribution in [-0.4, -0.2) is 42.8 Å². The molecule has 174 valence electrons. The fraction of sp³-hybridized carbons (Fsp3) is 0.160. The van der Waals surface area contributed by atoms with Crippen LogP contribution in [0.1, 0.15) is 11.1 Å². The average Bonchev–Trinajstić information content (AvgIpc) is 3.09. The van der Waals surface area contributed by atoms with Crippen LogP contribution in [0.5, 0.6) is 11.5 Å². The number of carbonyl (C=O) groups is 3. The van der Waals surface area contributed by atoms with Gasteiger partial charge in [0.15, 0.2) is 18.1 Å². The number of halogens is 1. The number of carbonyl (C=O) groups excluding carboxylic acids is 3. The second-order valence-corrected chi connectivity index (χ2v) is 9.50. The molecule has 1 aliphatic rings. The van der Waals surface area contributed by atoms with Crippen LogP contribution in [0, 0.1) is 3.57 Å². The van der Waals surface area contributed by atoms with Gasteiger partial charge in [-0.05, 0) is 80.5 Å². The van der Waals surface area contributed by atoms with Crippen molar-refractivity contribution in [3.63, 3.8) is 0 Å². The van der Waals surface area contributed by atoms with E-state index in [0.717, 1.165) is 28.1 Å². The van der Waals surface area contributed by atoms with E-state index in [1.165, 1.54) is 19.1 Å². The van der Waals surface area contributed by atoms with E-state index >= 15 is 0 Å². The van der Waals surface area contributed by atoms with Gasteiger partial charge >= 0.3 is 5.97 Å². The molecule has 0 N–H and O–H groups in total. The normalized spacial score (nSPS) is 14.7. The highest BCUT2D eigenvalue weighted by atomic mass is 127. The third-order valence-electron chi connectivity index (χ3n) is 5.14. The maximum Gasteiger partial charge on any atom is 0.343 e. The second-order valence-electron chi connectivity index (χ2n) is 7.35. The van der Waals surface area contributed by atoms with Crippen molar-refractivity contribution in [3.8, 4) is 11.5 Å². The van der Waals surface area contributed by atoms with E-state index in [9.17, 15) is 14.4 Å². The summed E-state index contributed by atoms with van der Waals surface area (Å²) in [5.41, 5.74) is 1.55. The molecule has 3 aromatic carbocycles. The summed E-state index contributed by atoms with van der Waals surface area (Å²) in [5.74, 6) is -0.0577. The van der Waals surface area contributed by atoms with E-state index in [2.05, 4.69) is 27.3 Å². The predicted molar refractivity (Wildman–Crippen MR) is 139 cm³/mol. The molecule has 0 aliphatic carbocycles. The molecule has 2 amide bonds. The van der Waals surface area contributed by atoms with Crippen molar-refractivity contribution < 1.29 is 28.6 Å². The lowest BCUT2D eigenvalue weighted by Crippen LogP contribution is -2.27. The van der Waals surface area contributed by atoms with Gasteiger partial charge in [-0.25, -0.2) is 4.79 Å². The predicted octanol–water partition coefficient (Wildman–Crippen LogP) is 5.24.